The molecule has 1 aliphatic rings. The van der Waals surface area contributed by atoms with Crippen molar-refractivity contribution in [1.29, 1.82) is 0 Å². The Bertz CT molecular complexity index is 1550. The van der Waals surface area contributed by atoms with E-state index in [1.165, 1.54) is 28.8 Å². The zero-order valence-electron chi connectivity index (χ0n) is 18.2. The maximum Gasteiger partial charge on any atom is 0.160 e. The maximum atomic E-state index is 14.7. The van der Waals surface area contributed by atoms with Crippen LogP contribution in [0, 0.1) is 5.82 Å². The van der Waals surface area contributed by atoms with E-state index in [1.807, 2.05) is 30.6 Å². The van der Waals surface area contributed by atoms with Crippen molar-refractivity contribution >= 4 is 22.6 Å². The van der Waals surface area contributed by atoms with Gasteiger partial charge in [-0.15, -0.1) is 0 Å². The van der Waals surface area contributed by atoms with E-state index in [4.69, 9.17) is 11.6 Å². The first-order chi connectivity index (χ1) is 16.7. The molecule has 4 heterocycles. The van der Waals surface area contributed by atoms with Crippen LogP contribution < -0.4 is 5.32 Å². The van der Waals surface area contributed by atoms with Crippen LogP contribution >= 0.6 is 11.6 Å². The molecule has 34 heavy (non-hydrogen) atoms. The molecule has 4 nitrogen and oxygen atoms in total. The van der Waals surface area contributed by atoms with E-state index in [0.29, 0.717) is 21.9 Å². The molecule has 0 amide bonds. The van der Waals surface area contributed by atoms with Gasteiger partial charge in [-0.3, -0.25) is 4.98 Å². The third kappa shape index (κ3) is 3.73. The SMILES string of the molecule is Fc1ccc(Cl)cc1-c1cc(-c2cncc(-c3cccc4c3CCNC4)c2)c2cccnc2n1. The quantitative estimate of drug-likeness (QED) is 0.331. The van der Waals surface area contributed by atoms with Gasteiger partial charge in [0.05, 0.1) is 5.69 Å². The van der Waals surface area contributed by atoms with Crippen LogP contribution in [0.2, 0.25) is 5.02 Å². The van der Waals surface area contributed by atoms with Crippen LogP contribution in [-0.4, -0.2) is 21.5 Å². The predicted octanol–water partition coefficient (Wildman–Crippen LogP) is 6.46. The van der Waals surface area contributed by atoms with Crippen molar-refractivity contribution in [2.45, 2.75) is 13.0 Å². The highest BCUT2D eigenvalue weighted by Gasteiger charge is 2.17. The molecule has 0 atom stereocenters. The Morgan fingerprint density at radius 2 is 1.76 bits per heavy atom. The summed E-state index contributed by atoms with van der Waals surface area (Å²) < 4.78 is 14.7. The Morgan fingerprint density at radius 3 is 2.68 bits per heavy atom. The van der Waals surface area contributed by atoms with Crippen molar-refractivity contribution in [3.8, 4) is 33.5 Å². The third-order valence-electron chi connectivity index (χ3n) is 6.29. The van der Waals surface area contributed by atoms with E-state index in [-0.39, 0.29) is 5.82 Å². The Hall–Kier alpha value is -3.67. The van der Waals surface area contributed by atoms with Gasteiger partial charge in [-0.1, -0.05) is 29.8 Å². The first-order valence-corrected chi connectivity index (χ1v) is 11.5. The molecule has 0 bridgehead atoms. The Labute approximate surface area is 201 Å². The van der Waals surface area contributed by atoms with Gasteiger partial charge in [-0.25, -0.2) is 14.4 Å². The van der Waals surface area contributed by atoms with Gasteiger partial charge >= 0.3 is 0 Å². The molecule has 0 radical (unpaired) electrons. The lowest BCUT2D eigenvalue weighted by Crippen LogP contribution is -2.24. The molecular weight excluding hydrogens is 447 g/mol. The highest BCUT2D eigenvalue weighted by atomic mass is 35.5. The van der Waals surface area contributed by atoms with E-state index in [2.05, 4.69) is 44.5 Å². The van der Waals surface area contributed by atoms with E-state index in [1.54, 1.807) is 12.3 Å². The first-order valence-electron chi connectivity index (χ1n) is 11.2. The summed E-state index contributed by atoms with van der Waals surface area (Å²) in [5, 5.41) is 4.77. The van der Waals surface area contributed by atoms with Gasteiger partial charge in [0.1, 0.15) is 5.82 Å². The average Bonchev–Trinajstić information content (AvgIpc) is 2.89. The molecular formula is C28H20ClFN4. The number of hydrogen-bond acceptors (Lipinski definition) is 4. The van der Waals surface area contributed by atoms with Crippen molar-refractivity contribution in [2.75, 3.05) is 6.54 Å². The summed E-state index contributed by atoms with van der Waals surface area (Å²) in [7, 11) is 0. The van der Waals surface area contributed by atoms with Crippen LogP contribution in [0.4, 0.5) is 4.39 Å². The van der Waals surface area contributed by atoms with Crippen molar-refractivity contribution in [3.63, 3.8) is 0 Å². The lowest BCUT2D eigenvalue weighted by Gasteiger charge is -2.20. The standard InChI is InChI=1S/C28H20ClFN4/c29-20-6-7-26(30)25(12-20)27-13-24(23-5-2-9-33-28(23)34-27)19-11-18(15-32-16-19)21-4-1-3-17-14-31-10-8-22(17)21/h1-7,9,11-13,15-16,31H,8,10,14H2. The van der Waals surface area contributed by atoms with Crippen LogP contribution in [-0.2, 0) is 13.0 Å². The predicted molar refractivity (Wildman–Crippen MR) is 134 cm³/mol. The van der Waals surface area contributed by atoms with Gasteiger partial charge < -0.3 is 5.32 Å². The van der Waals surface area contributed by atoms with Gasteiger partial charge in [-0.2, -0.15) is 0 Å². The number of pyridine rings is 3. The van der Waals surface area contributed by atoms with Gasteiger partial charge in [0.15, 0.2) is 5.65 Å². The van der Waals surface area contributed by atoms with Crippen LogP contribution in [0.5, 0.6) is 0 Å². The van der Waals surface area contributed by atoms with Crippen LogP contribution in [0.15, 0.2) is 79.3 Å². The van der Waals surface area contributed by atoms with Crippen molar-refractivity contribution in [1.82, 2.24) is 20.3 Å². The maximum absolute atomic E-state index is 14.7. The van der Waals surface area contributed by atoms with Crippen molar-refractivity contribution < 1.29 is 4.39 Å². The van der Waals surface area contributed by atoms with E-state index in [9.17, 15) is 4.39 Å². The fourth-order valence-corrected chi connectivity index (χ4v) is 4.84. The third-order valence-corrected chi connectivity index (χ3v) is 6.52. The number of nitrogens with zero attached hydrogens (tertiary/aromatic N) is 3. The number of hydrogen-bond donors (Lipinski definition) is 1. The van der Waals surface area contributed by atoms with Gasteiger partial charge in [-0.05, 0) is 77.7 Å². The summed E-state index contributed by atoms with van der Waals surface area (Å²) in [6.07, 6.45) is 6.41. The zero-order valence-corrected chi connectivity index (χ0v) is 19.0. The summed E-state index contributed by atoms with van der Waals surface area (Å²) in [4.78, 5) is 13.7. The lowest BCUT2D eigenvalue weighted by atomic mass is 9.91. The van der Waals surface area contributed by atoms with E-state index < -0.39 is 0 Å². The summed E-state index contributed by atoms with van der Waals surface area (Å²) in [6, 6.07) is 18.8. The summed E-state index contributed by atoms with van der Waals surface area (Å²) in [5.74, 6) is -0.380. The first kappa shape index (κ1) is 20.9. The average molecular weight is 467 g/mol. The van der Waals surface area contributed by atoms with Gasteiger partial charge in [0, 0.05) is 52.2 Å². The van der Waals surface area contributed by atoms with E-state index >= 15 is 0 Å². The monoisotopic (exact) mass is 466 g/mol. The highest BCUT2D eigenvalue weighted by Crippen LogP contribution is 2.35. The second-order valence-electron chi connectivity index (χ2n) is 8.39. The fraction of sp³-hybridized carbons (Fsp3) is 0.107. The molecule has 2 aromatic carbocycles. The van der Waals surface area contributed by atoms with Gasteiger partial charge in [0.25, 0.3) is 0 Å². The van der Waals surface area contributed by atoms with Crippen LogP contribution in [0.3, 0.4) is 0 Å². The van der Waals surface area contributed by atoms with Crippen LogP contribution in [0.1, 0.15) is 11.1 Å². The number of fused-ring (bicyclic) bond motifs is 2. The molecule has 166 valence electrons. The van der Waals surface area contributed by atoms with Gasteiger partial charge in [0.2, 0.25) is 0 Å². The second-order valence-corrected chi connectivity index (χ2v) is 8.82. The second kappa shape index (κ2) is 8.60. The molecule has 0 saturated heterocycles. The Morgan fingerprint density at radius 1 is 0.882 bits per heavy atom. The minimum absolute atomic E-state index is 0.343. The summed E-state index contributed by atoms with van der Waals surface area (Å²) in [5.41, 5.74) is 8.13. The number of aromatic nitrogens is 3. The number of halogens is 2. The molecule has 0 aliphatic carbocycles. The molecule has 6 rings (SSSR count). The molecule has 5 aromatic rings. The normalized spacial score (nSPS) is 13.1. The lowest BCUT2D eigenvalue weighted by molar-refractivity contribution is 0.631. The highest BCUT2D eigenvalue weighted by molar-refractivity contribution is 6.30. The zero-order chi connectivity index (χ0) is 23.1. The van der Waals surface area contributed by atoms with Crippen LogP contribution in [0.25, 0.3) is 44.5 Å². The molecule has 0 spiro atoms. The van der Waals surface area contributed by atoms with Crippen molar-refractivity contribution in [3.05, 3.63) is 101 Å². The smallest absolute Gasteiger partial charge is 0.160 e. The summed E-state index contributed by atoms with van der Waals surface area (Å²) in [6.45, 7) is 1.85. The van der Waals surface area contributed by atoms with E-state index in [0.717, 1.165) is 41.6 Å². The Kier molecular flexibility index (Phi) is 5.28. The van der Waals surface area contributed by atoms with Crippen molar-refractivity contribution in [2.24, 2.45) is 0 Å². The topological polar surface area (TPSA) is 50.7 Å². The molecule has 1 aliphatic heterocycles. The minimum Gasteiger partial charge on any atom is -0.312 e. The molecule has 1 N–H and O–H groups in total. The molecule has 0 saturated carbocycles. The molecule has 3 aromatic heterocycles. The largest absolute Gasteiger partial charge is 0.312 e. The number of rotatable bonds is 3. The minimum atomic E-state index is -0.380. The Balaban J connectivity index is 1.55. The fourth-order valence-electron chi connectivity index (χ4n) is 4.66. The molecule has 0 unspecified atom stereocenters. The number of benzene rings is 2. The summed E-state index contributed by atoms with van der Waals surface area (Å²) >= 11 is 6.16. The molecule has 0 fully saturated rings. The number of nitrogens with one attached hydrogen (secondary N) is 1. The molecule has 6 heteroatoms.